The van der Waals surface area contributed by atoms with Crippen molar-refractivity contribution in [2.75, 3.05) is 32.9 Å². The summed E-state index contributed by atoms with van der Waals surface area (Å²) in [5.74, 6) is 0.645. The van der Waals surface area contributed by atoms with Crippen molar-refractivity contribution in [3.63, 3.8) is 0 Å². The first-order valence-corrected chi connectivity index (χ1v) is 6.30. The summed E-state index contributed by atoms with van der Waals surface area (Å²) in [4.78, 5) is 13.6. The summed E-state index contributed by atoms with van der Waals surface area (Å²) < 4.78 is 12.4. The van der Waals surface area contributed by atoms with Gasteiger partial charge >= 0.3 is 0 Å². The lowest BCUT2D eigenvalue weighted by atomic mass is 10.4. The van der Waals surface area contributed by atoms with E-state index in [0.29, 0.717) is 32.1 Å². The summed E-state index contributed by atoms with van der Waals surface area (Å²) in [6, 6.07) is 0. The minimum absolute atomic E-state index is 0.00143. The number of carbonyl (C=O) groups is 1. The van der Waals surface area contributed by atoms with Crippen LogP contribution in [0.1, 0.15) is 13.3 Å². The molecule has 0 aromatic carbocycles. The van der Waals surface area contributed by atoms with Crippen LogP contribution in [0.4, 0.5) is 0 Å². The molecule has 0 bridgehead atoms. The van der Waals surface area contributed by atoms with Gasteiger partial charge in [0.05, 0.1) is 25.6 Å². The topological polar surface area (TPSA) is 56.6 Å². The summed E-state index contributed by atoms with van der Waals surface area (Å²) in [6.07, 6.45) is 4.48. The van der Waals surface area contributed by atoms with Crippen LogP contribution in [-0.2, 0) is 16.1 Å². The van der Waals surface area contributed by atoms with Gasteiger partial charge in [0.2, 0.25) is 0 Å². The van der Waals surface area contributed by atoms with Crippen molar-refractivity contribution in [1.29, 1.82) is 0 Å². The van der Waals surface area contributed by atoms with E-state index < -0.39 is 0 Å². The first kappa shape index (κ1) is 12.9. The molecule has 0 aliphatic carbocycles. The number of ether oxygens (including phenoxy) is 2. The minimum atomic E-state index is 0.00143. The third-order valence-corrected chi connectivity index (χ3v) is 2.79. The highest BCUT2D eigenvalue weighted by Crippen LogP contribution is 2.09. The molecule has 0 unspecified atom stereocenters. The predicted octanol–water partition coefficient (Wildman–Crippen LogP) is 0.531. The van der Waals surface area contributed by atoms with Crippen LogP contribution in [0.3, 0.4) is 0 Å². The van der Waals surface area contributed by atoms with E-state index in [1.54, 1.807) is 11.1 Å². The summed E-state index contributed by atoms with van der Waals surface area (Å²) in [5, 5.41) is 4.14. The largest absolute Gasteiger partial charge is 0.480 e. The standard InChI is InChI=1S/C12H19N3O3/c1-2-3-15-9-11(8-13-15)18-10-12(16)14-4-6-17-7-5-14/h8-9H,2-7,10H2,1H3. The SMILES string of the molecule is CCCn1cc(OCC(=O)N2CCOCC2)cn1. The molecule has 0 radical (unpaired) electrons. The Kier molecular flexibility index (Phi) is 4.58. The molecule has 0 N–H and O–H groups in total. The van der Waals surface area contributed by atoms with Gasteiger partial charge in [-0.25, -0.2) is 0 Å². The molecule has 18 heavy (non-hydrogen) atoms. The lowest BCUT2D eigenvalue weighted by molar-refractivity contribution is -0.137. The van der Waals surface area contributed by atoms with Gasteiger partial charge in [0.25, 0.3) is 5.91 Å². The second-order valence-corrected chi connectivity index (χ2v) is 4.22. The molecule has 1 amide bonds. The zero-order valence-electron chi connectivity index (χ0n) is 10.7. The molecule has 0 saturated carbocycles. The highest BCUT2D eigenvalue weighted by molar-refractivity contribution is 5.77. The van der Waals surface area contributed by atoms with Gasteiger partial charge < -0.3 is 14.4 Å². The molecule has 2 heterocycles. The van der Waals surface area contributed by atoms with E-state index in [4.69, 9.17) is 9.47 Å². The normalized spacial score (nSPS) is 15.7. The maximum absolute atomic E-state index is 11.8. The Labute approximate surface area is 106 Å². The Balaban J connectivity index is 1.77. The molecule has 100 valence electrons. The molecule has 1 aliphatic heterocycles. The third kappa shape index (κ3) is 3.46. The van der Waals surface area contributed by atoms with Crippen LogP contribution >= 0.6 is 0 Å². The van der Waals surface area contributed by atoms with E-state index in [9.17, 15) is 4.79 Å². The number of aryl methyl sites for hydroxylation is 1. The zero-order chi connectivity index (χ0) is 12.8. The number of hydrogen-bond acceptors (Lipinski definition) is 4. The zero-order valence-corrected chi connectivity index (χ0v) is 10.7. The molecule has 0 atom stereocenters. The van der Waals surface area contributed by atoms with E-state index in [1.165, 1.54) is 0 Å². The quantitative estimate of drug-likeness (QED) is 0.768. The predicted molar refractivity (Wildman–Crippen MR) is 65.4 cm³/mol. The maximum atomic E-state index is 11.8. The maximum Gasteiger partial charge on any atom is 0.260 e. The van der Waals surface area contributed by atoms with E-state index in [0.717, 1.165) is 13.0 Å². The summed E-state index contributed by atoms with van der Waals surface area (Å²) >= 11 is 0. The van der Waals surface area contributed by atoms with Crippen LogP contribution in [0.2, 0.25) is 0 Å². The number of aromatic nitrogens is 2. The summed E-state index contributed by atoms with van der Waals surface area (Å²) in [7, 11) is 0. The van der Waals surface area contributed by atoms with Crippen LogP contribution in [0.25, 0.3) is 0 Å². The first-order chi connectivity index (χ1) is 8.79. The smallest absolute Gasteiger partial charge is 0.260 e. The van der Waals surface area contributed by atoms with Crippen LogP contribution in [0, 0.1) is 0 Å². The second-order valence-electron chi connectivity index (χ2n) is 4.22. The number of amides is 1. The van der Waals surface area contributed by atoms with Crippen molar-refractivity contribution in [2.45, 2.75) is 19.9 Å². The van der Waals surface area contributed by atoms with Gasteiger partial charge in [-0.2, -0.15) is 5.10 Å². The molecular weight excluding hydrogens is 234 g/mol. The number of carbonyl (C=O) groups excluding carboxylic acids is 1. The molecule has 6 heteroatoms. The van der Waals surface area contributed by atoms with Gasteiger partial charge in [-0.3, -0.25) is 9.48 Å². The fourth-order valence-corrected chi connectivity index (χ4v) is 1.82. The fourth-order valence-electron chi connectivity index (χ4n) is 1.82. The Morgan fingerprint density at radius 3 is 3.00 bits per heavy atom. The second kappa shape index (κ2) is 6.39. The molecule has 6 nitrogen and oxygen atoms in total. The van der Waals surface area contributed by atoms with Crippen molar-refractivity contribution in [1.82, 2.24) is 14.7 Å². The molecule has 1 fully saturated rings. The number of nitrogens with zero attached hydrogens (tertiary/aromatic N) is 3. The number of rotatable bonds is 5. The first-order valence-electron chi connectivity index (χ1n) is 6.30. The Bertz CT molecular complexity index is 386. The van der Waals surface area contributed by atoms with Crippen LogP contribution in [0.15, 0.2) is 12.4 Å². The fraction of sp³-hybridized carbons (Fsp3) is 0.667. The van der Waals surface area contributed by atoms with Crippen molar-refractivity contribution >= 4 is 5.91 Å². The molecule has 1 aromatic heterocycles. The van der Waals surface area contributed by atoms with Crippen LogP contribution in [0.5, 0.6) is 5.75 Å². The number of hydrogen-bond donors (Lipinski definition) is 0. The van der Waals surface area contributed by atoms with E-state index >= 15 is 0 Å². The van der Waals surface area contributed by atoms with Gasteiger partial charge in [-0.15, -0.1) is 0 Å². The Morgan fingerprint density at radius 1 is 1.50 bits per heavy atom. The molecule has 1 aliphatic rings. The van der Waals surface area contributed by atoms with Crippen LogP contribution in [-0.4, -0.2) is 53.5 Å². The molecule has 0 spiro atoms. The third-order valence-electron chi connectivity index (χ3n) is 2.79. The average molecular weight is 253 g/mol. The Morgan fingerprint density at radius 2 is 2.28 bits per heavy atom. The van der Waals surface area contributed by atoms with E-state index in [1.807, 2.05) is 10.9 Å². The summed E-state index contributed by atoms with van der Waals surface area (Å²) in [5.41, 5.74) is 0. The van der Waals surface area contributed by atoms with Crippen molar-refractivity contribution < 1.29 is 14.3 Å². The van der Waals surface area contributed by atoms with Gasteiger partial charge in [-0.05, 0) is 6.42 Å². The highest BCUT2D eigenvalue weighted by atomic mass is 16.5. The van der Waals surface area contributed by atoms with Gasteiger partial charge in [0, 0.05) is 19.6 Å². The van der Waals surface area contributed by atoms with Crippen molar-refractivity contribution in [3.05, 3.63) is 12.4 Å². The van der Waals surface area contributed by atoms with E-state index in [2.05, 4.69) is 12.0 Å². The molecule has 1 saturated heterocycles. The van der Waals surface area contributed by atoms with Crippen molar-refractivity contribution in [3.8, 4) is 5.75 Å². The van der Waals surface area contributed by atoms with Gasteiger partial charge in [0.1, 0.15) is 0 Å². The van der Waals surface area contributed by atoms with E-state index in [-0.39, 0.29) is 12.5 Å². The lowest BCUT2D eigenvalue weighted by Crippen LogP contribution is -2.42. The molecule has 1 aromatic rings. The molecular formula is C12H19N3O3. The Hall–Kier alpha value is -1.56. The van der Waals surface area contributed by atoms with Gasteiger partial charge in [0.15, 0.2) is 12.4 Å². The molecule has 2 rings (SSSR count). The summed E-state index contributed by atoms with van der Waals surface area (Å²) in [6.45, 7) is 5.54. The van der Waals surface area contributed by atoms with Crippen molar-refractivity contribution in [2.24, 2.45) is 0 Å². The average Bonchev–Trinajstić information content (AvgIpc) is 2.85. The van der Waals surface area contributed by atoms with Crippen LogP contribution < -0.4 is 4.74 Å². The highest BCUT2D eigenvalue weighted by Gasteiger charge is 2.17. The minimum Gasteiger partial charge on any atom is -0.480 e. The lowest BCUT2D eigenvalue weighted by Gasteiger charge is -2.26. The number of morpholine rings is 1. The monoisotopic (exact) mass is 253 g/mol. The van der Waals surface area contributed by atoms with Gasteiger partial charge in [-0.1, -0.05) is 6.92 Å².